The highest BCUT2D eigenvalue weighted by Crippen LogP contribution is 2.65. The summed E-state index contributed by atoms with van der Waals surface area (Å²) in [4.78, 5) is 12.6. The molecule has 10 atom stereocenters. The van der Waals surface area contributed by atoms with E-state index in [-0.39, 0.29) is 23.4 Å². The molecule has 1 fully saturated rings. The number of carbonyl (C=O) groups excluding carboxylic acids is 1. The maximum atomic E-state index is 12.6. The lowest BCUT2D eigenvalue weighted by molar-refractivity contribution is -0.159. The lowest BCUT2D eigenvalue weighted by atomic mass is 9.58. The van der Waals surface area contributed by atoms with Crippen LogP contribution in [-0.4, -0.2) is 44.2 Å². The Morgan fingerprint density at radius 2 is 1.64 bits per heavy atom. The number of carbonyl (C=O) groups is 1. The molecule has 1 aromatic carbocycles. The van der Waals surface area contributed by atoms with Crippen LogP contribution in [0.15, 0.2) is 30.4 Å². The Morgan fingerprint density at radius 3 is 2.18 bits per heavy atom. The van der Waals surface area contributed by atoms with Crippen molar-refractivity contribution in [1.82, 2.24) is 0 Å². The van der Waals surface area contributed by atoms with Crippen LogP contribution in [-0.2, 0) is 15.9 Å². The summed E-state index contributed by atoms with van der Waals surface area (Å²) in [5, 5.41) is 36.6. The zero-order valence-electron chi connectivity index (χ0n) is 36.1. The summed E-state index contributed by atoms with van der Waals surface area (Å²) in [7, 11) is 0. The number of allylic oxidation sites excluding steroid dienone is 2. The lowest BCUT2D eigenvalue weighted by Crippen LogP contribution is -2.53. The molecule has 44 heavy (non-hydrogen) atoms. The maximum absolute atomic E-state index is 12.6. The highest BCUT2D eigenvalue weighted by Gasteiger charge is 2.70. The first-order valence-corrected chi connectivity index (χ1v) is 16.1. The lowest BCUT2D eigenvalue weighted by Gasteiger charge is -2.50. The Bertz CT molecular complexity index is 1420. The van der Waals surface area contributed by atoms with Crippen LogP contribution in [0.25, 0.3) is 0 Å². The molecule has 5 heteroatoms. The topological polar surface area (TPSA) is 87.0 Å². The largest absolute Gasteiger partial charge is 0.460 e. The van der Waals surface area contributed by atoms with Gasteiger partial charge in [-0.1, -0.05) is 85.7 Å². The smallest absolute Gasteiger partial charge is 0.309 e. The number of aryl methyl sites for hydroxylation is 1. The molecule has 0 spiro atoms. The van der Waals surface area contributed by atoms with Gasteiger partial charge in [0.25, 0.3) is 0 Å². The quantitative estimate of drug-likeness (QED) is 0.162. The Hall–Kier alpha value is -1.69. The van der Waals surface area contributed by atoms with Crippen LogP contribution in [0.2, 0.25) is 0 Å². The van der Waals surface area contributed by atoms with Crippen LogP contribution in [0.1, 0.15) is 128 Å². The van der Waals surface area contributed by atoms with Gasteiger partial charge in [0.05, 0.1) is 23.2 Å². The predicted octanol–water partition coefficient (Wildman–Crippen LogP) is 8.23. The van der Waals surface area contributed by atoms with E-state index in [0.717, 1.165) is 19.4 Å². The molecule has 1 aliphatic carbocycles. The van der Waals surface area contributed by atoms with Crippen molar-refractivity contribution in [2.24, 2.45) is 46.3 Å². The van der Waals surface area contributed by atoms with Crippen LogP contribution < -0.4 is 0 Å². The van der Waals surface area contributed by atoms with Crippen LogP contribution >= 0.6 is 0 Å². The highest BCUT2D eigenvalue weighted by molar-refractivity contribution is 5.72. The molecule has 0 saturated heterocycles. The number of hydrogen-bond acceptors (Lipinski definition) is 5. The minimum absolute atomic E-state index is 0.0859. The van der Waals surface area contributed by atoms with Gasteiger partial charge in [0.15, 0.2) is 0 Å². The van der Waals surface area contributed by atoms with Gasteiger partial charge >= 0.3 is 5.97 Å². The maximum Gasteiger partial charge on any atom is 0.309 e. The molecule has 0 heterocycles. The van der Waals surface area contributed by atoms with Gasteiger partial charge in [-0.25, -0.2) is 0 Å². The molecule has 0 bridgehead atoms. The number of ether oxygens (including phenoxy) is 1. The van der Waals surface area contributed by atoms with Crippen molar-refractivity contribution >= 4 is 5.97 Å². The summed E-state index contributed by atoms with van der Waals surface area (Å²) in [5.41, 5.74) is -6.18. The van der Waals surface area contributed by atoms with Crippen molar-refractivity contribution in [1.29, 1.82) is 0 Å². The van der Waals surface area contributed by atoms with Crippen LogP contribution in [0.4, 0.5) is 0 Å². The van der Waals surface area contributed by atoms with Gasteiger partial charge in [0, 0.05) is 19.1 Å². The summed E-state index contributed by atoms with van der Waals surface area (Å²) < 4.78 is 62.0. The number of aliphatic hydroxyl groups is 3. The van der Waals surface area contributed by atoms with Gasteiger partial charge in [0.1, 0.15) is 5.60 Å². The molecule has 5 unspecified atom stereocenters. The summed E-state index contributed by atoms with van der Waals surface area (Å²) in [6.45, 7) is 24.7. The molecule has 0 radical (unpaired) electrons. The highest BCUT2D eigenvalue weighted by atomic mass is 16.6. The first-order valence-electron chi connectivity index (χ1n) is 19.1. The summed E-state index contributed by atoms with van der Waals surface area (Å²) >= 11 is 0. The molecule has 0 aromatic heterocycles. The second-order valence-electron chi connectivity index (χ2n) is 15.7. The van der Waals surface area contributed by atoms with Crippen molar-refractivity contribution in [2.45, 2.75) is 146 Å². The van der Waals surface area contributed by atoms with Crippen LogP contribution in [0.5, 0.6) is 0 Å². The number of hydrogen-bond donors (Lipinski definition) is 3. The Morgan fingerprint density at radius 1 is 1.07 bits per heavy atom. The standard InChI is InChI=1S/C39H66O5/c1-24(21-26(3)34(41)44-35(8,9)10)19-20-28(5)38(14)32(33(40)36(11,12)39(38,15)43)27(4)23-37(13,42)29(6)22-31-18-16-17-25(2)30(31)7/h16-20,24,26-29,32-33,40,42-43H,21-23H2,1-15H3/b20-19-/t24?,26?,27?,28?,29?,32-,33-,37+,38+,39-/m0/s1/i22D2,23D2,27D,29D. The molecule has 252 valence electrons. The van der Waals surface area contributed by atoms with E-state index in [1.54, 1.807) is 40.7 Å². The van der Waals surface area contributed by atoms with Gasteiger partial charge in [-0.3, -0.25) is 4.79 Å². The second-order valence-corrected chi connectivity index (χ2v) is 15.7. The average Bonchev–Trinajstić information content (AvgIpc) is 3.05. The van der Waals surface area contributed by atoms with E-state index >= 15 is 0 Å². The molecular weight excluding hydrogens is 548 g/mol. The molecule has 2 rings (SSSR count). The summed E-state index contributed by atoms with van der Waals surface area (Å²) in [5.74, 6) is -7.53. The summed E-state index contributed by atoms with van der Waals surface area (Å²) in [6.07, 6.45) is -2.71. The Kier molecular flexibility index (Phi) is 9.16. The molecular formula is C39H66O5. The van der Waals surface area contributed by atoms with Gasteiger partial charge < -0.3 is 20.1 Å². The predicted molar refractivity (Wildman–Crippen MR) is 182 cm³/mol. The van der Waals surface area contributed by atoms with Crippen molar-refractivity contribution < 1.29 is 33.1 Å². The van der Waals surface area contributed by atoms with Crippen molar-refractivity contribution in [2.75, 3.05) is 0 Å². The third-order valence-corrected chi connectivity index (χ3v) is 10.8. The fourth-order valence-corrected chi connectivity index (χ4v) is 6.90. The number of rotatable bonds is 12. The Labute approximate surface area is 278 Å². The van der Waals surface area contributed by atoms with Crippen molar-refractivity contribution in [3.63, 3.8) is 0 Å². The van der Waals surface area contributed by atoms with E-state index in [2.05, 4.69) is 0 Å². The first-order chi connectivity index (χ1) is 22.0. The molecule has 3 N–H and O–H groups in total. The van der Waals surface area contributed by atoms with E-state index in [4.69, 9.17) is 7.48 Å². The third-order valence-electron chi connectivity index (χ3n) is 10.8. The molecule has 1 aromatic rings. The first kappa shape index (κ1) is 29.7. The number of esters is 1. The monoisotopic (exact) mass is 621 g/mol. The molecule has 1 aliphatic rings. The minimum atomic E-state index is -3.01. The fraction of sp³-hybridized carbons (Fsp3) is 0.769. The minimum Gasteiger partial charge on any atom is -0.460 e. The van der Waals surface area contributed by atoms with Crippen LogP contribution in [0, 0.1) is 60.1 Å². The third kappa shape index (κ3) is 7.81. The SMILES string of the molecule is [2H]C([2H])(c1cccc(C)c1C)C([2H])(C)[C@](C)(O)C([2H])([2H])C([2H])(C)[C@H]1[C@H](O)C(C)(C)[C@](C)(O)[C@]1(C)C(C)/C=C\C(C)CC(C)C(=O)OC(C)(C)C. The van der Waals surface area contributed by atoms with Gasteiger partial charge in [-0.15, -0.1) is 0 Å². The zero-order chi connectivity index (χ0) is 39.6. The molecule has 1 saturated carbocycles. The number of aliphatic hydroxyl groups excluding tert-OH is 1. The van der Waals surface area contributed by atoms with Crippen molar-refractivity contribution in [3.8, 4) is 0 Å². The Balaban J connectivity index is 2.67. The average molecular weight is 621 g/mol. The normalized spacial score (nSPS) is 34.5. The van der Waals surface area contributed by atoms with Gasteiger partial charge in [-0.2, -0.15) is 0 Å². The summed E-state index contributed by atoms with van der Waals surface area (Å²) in [6, 6.07) is 4.99. The van der Waals surface area contributed by atoms with E-state index < -0.39 is 70.1 Å². The van der Waals surface area contributed by atoms with E-state index in [1.807, 2.05) is 66.7 Å². The second kappa shape index (κ2) is 13.6. The number of benzene rings is 1. The van der Waals surface area contributed by atoms with Crippen LogP contribution in [0.3, 0.4) is 0 Å². The van der Waals surface area contributed by atoms with Gasteiger partial charge in [-0.05, 0) is 114 Å². The zero-order valence-corrected chi connectivity index (χ0v) is 30.1. The molecule has 0 amide bonds. The van der Waals surface area contributed by atoms with Gasteiger partial charge in [0.2, 0.25) is 0 Å². The van der Waals surface area contributed by atoms with E-state index in [1.165, 1.54) is 13.0 Å². The molecule has 0 aliphatic heterocycles. The van der Waals surface area contributed by atoms with Crippen molar-refractivity contribution in [3.05, 3.63) is 47.0 Å². The molecule has 5 nitrogen and oxygen atoms in total. The van der Waals surface area contributed by atoms with E-state index in [0.29, 0.717) is 12.0 Å². The fourth-order valence-electron chi connectivity index (χ4n) is 6.90. The van der Waals surface area contributed by atoms with E-state index in [9.17, 15) is 25.6 Å².